The maximum atomic E-state index is 12.6. The summed E-state index contributed by atoms with van der Waals surface area (Å²) in [5.74, 6) is -0.226. The molecule has 5 nitrogen and oxygen atoms in total. The molecule has 1 unspecified atom stereocenters. The summed E-state index contributed by atoms with van der Waals surface area (Å²) in [6.07, 6.45) is 7.39. The van der Waals surface area contributed by atoms with E-state index in [-0.39, 0.29) is 11.8 Å². The number of carbonyl (C=O) groups excluding carboxylic acids is 1. The Morgan fingerprint density at radius 2 is 2.00 bits per heavy atom. The molecule has 0 aliphatic heterocycles. The zero-order chi connectivity index (χ0) is 17.8. The number of nitrogens with one attached hydrogen (secondary N) is 1. The summed E-state index contributed by atoms with van der Waals surface area (Å²) < 4.78 is 1.74. The lowest BCUT2D eigenvalue weighted by Gasteiger charge is -2.22. The second kappa shape index (κ2) is 8.02. The number of rotatable bonds is 4. The maximum Gasteiger partial charge on any atom is 0.254 e. The van der Waals surface area contributed by atoms with Crippen LogP contribution in [0.25, 0.3) is 11.3 Å². The van der Waals surface area contributed by atoms with E-state index < -0.39 is 6.23 Å². The summed E-state index contributed by atoms with van der Waals surface area (Å²) in [5.41, 5.74) is 2.13. The number of halogens is 1. The van der Waals surface area contributed by atoms with Crippen molar-refractivity contribution in [3.8, 4) is 11.3 Å². The minimum atomic E-state index is -0.831. The van der Waals surface area contributed by atoms with Gasteiger partial charge in [0.15, 0.2) is 0 Å². The molecule has 0 saturated heterocycles. The lowest BCUT2D eigenvalue weighted by Crippen LogP contribution is -2.40. The molecule has 2 aromatic rings. The van der Waals surface area contributed by atoms with Crippen LogP contribution in [0.4, 0.5) is 0 Å². The van der Waals surface area contributed by atoms with Crippen molar-refractivity contribution >= 4 is 17.5 Å². The maximum absolute atomic E-state index is 12.6. The van der Waals surface area contributed by atoms with Crippen molar-refractivity contribution < 1.29 is 9.90 Å². The number of aryl methyl sites for hydroxylation is 1. The lowest BCUT2D eigenvalue weighted by atomic mass is 9.98. The quantitative estimate of drug-likeness (QED) is 0.643. The number of benzene rings is 1. The van der Waals surface area contributed by atoms with E-state index in [1.807, 2.05) is 19.2 Å². The minimum absolute atomic E-state index is 0.116. The number of nitrogens with zero attached hydrogens (tertiary/aromatic N) is 2. The average molecular weight is 362 g/mol. The van der Waals surface area contributed by atoms with Crippen LogP contribution in [-0.2, 0) is 7.05 Å². The van der Waals surface area contributed by atoms with Crippen molar-refractivity contribution in [3.05, 3.63) is 41.0 Å². The second-order valence-corrected chi connectivity index (χ2v) is 7.11. The Bertz CT molecular complexity index is 736. The van der Waals surface area contributed by atoms with E-state index >= 15 is 0 Å². The molecule has 3 rings (SSSR count). The topological polar surface area (TPSA) is 67.2 Å². The molecular formula is C19H24ClN3O2. The van der Waals surface area contributed by atoms with Crippen molar-refractivity contribution in [3.63, 3.8) is 0 Å². The molecule has 1 saturated carbocycles. The fourth-order valence-corrected chi connectivity index (χ4v) is 3.68. The van der Waals surface area contributed by atoms with Crippen molar-refractivity contribution in [2.24, 2.45) is 13.0 Å². The highest BCUT2D eigenvalue weighted by atomic mass is 35.5. The van der Waals surface area contributed by atoms with Gasteiger partial charge in [-0.15, -0.1) is 0 Å². The van der Waals surface area contributed by atoms with Gasteiger partial charge < -0.3 is 10.4 Å². The van der Waals surface area contributed by atoms with Gasteiger partial charge in [0.25, 0.3) is 5.91 Å². The molecule has 1 aliphatic rings. The van der Waals surface area contributed by atoms with Crippen LogP contribution in [0.5, 0.6) is 0 Å². The number of hydrogen-bond acceptors (Lipinski definition) is 3. The van der Waals surface area contributed by atoms with Crippen molar-refractivity contribution in [1.82, 2.24) is 15.1 Å². The Morgan fingerprint density at radius 3 is 2.64 bits per heavy atom. The van der Waals surface area contributed by atoms with E-state index in [4.69, 9.17) is 11.6 Å². The molecule has 1 aromatic heterocycles. The Hall–Kier alpha value is -1.85. The summed E-state index contributed by atoms with van der Waals surface area (Å²) in [6, 6.07) is 7.19. The van der Waals surface area contributed by atoms with E-state index in [2.05, 4.69) is 10.4 Å². The van der Waals surface area contributed by atoms with Gasteiger partial charge in [0.05, 0.1) is 16.3 Å². The van der Waals surface area contributed by atoms with Crippen LogP contribution in [0.15, 0.2) is 30.5 Å². The summed E-state index contributed by atoms with van der Waals surface area (Å²) in [6.45, 7) is 0. The van der Waals surface area contributed by atoms with E-state index in [1.54, 1.807) is 23.0 Å². The highest BCUT2D eigenvalue weighted by Crippen LogP contribution is 2.27. The van der Waals surface area contributed by atoms with Crippen LogP contribution in [0.2, 0.25) is 5.02 Å². The highest BCUT2D eigenvalue weighted by Gasteiger charge is 2.23. The third-order valence-electron chi connectivity index (χ3n) is 4.95. The first kappa shape index (κ1) is 18.0. The molecule has 134 valence electrons. The van der Waals surface area contributed by atoms with E-state index in [0.717, 1.165) is 36.9 Å². The number of carbonyl (C=O) groups is 1. The average Bonchev–Trinajstić information content (AvgIpc) is 2.85. The van der Waals surface area contributed by atoms with Crippen LogP contribution in [0, 0.1) is 5.92 Å². The van der Waals surface area contributed by atoms with Crippen LogP contribution in [-0.4, -0.2) is 27.0 Å². The molecule has 25 heavy (non-hydrogen) atoms. The number of aliphatic hydroxyl groups excluding tert-OH is 1. The highest BCUT2D eigenvalue weighted by molar-refractivity contribution is 6.34. The minimum Gasteiger partial charge on any atom is -0.373 e. The van der Waals surface area contributed by atoms with Gasteiger partial charge >= 0.3 is 0 Å². The lowest BCUT2D eigenvalue weighted by molar-refractivity contribution is 0.0532. The molecule has 1 amide bonds. The summed E-state index contributed by atoms with van der Waals surface area (Å²) in [5, 5.41) is 17.7. The van der Waals surface area contributed by atoms with E-state index in [9.17, 15) is 9.90 Å². The third kappa shape index (κ3) is 4.22. The normalized spacial score (nSPS) is 17.1. The molecule has 6 heteroatoms. The molecule has 1 aliphatic carbocycles. The molecule has 0 radical (unpaired) electrons. The van der Waals surface area contributed by atoms with Gasteiger partial charge in [0.1, 0.15) is 6.23 Å². The third-order valence-corrected chi connectivity index (χ3v) is 5.28. The van der Waals surface area contributed by atoms with Gasteiger partial charge in [-0.05, 0) is 31.0 Å². The van der Waals surface area contributed by atoms with Crippen molar-refractivity contribution in [1.29, 1.82) is 0 Å². The molecule has 0 spiro atoms. The number of hydrogen-bond donors (Lipinski definition) is 2. The summed E-state index contributed by atoms with van der Waals surface area (Å²) in [4.78, 5) is 12.6. The second-order valence-electron chi connectivity index (χ2n) is 6.70. The van der Waals surface area contributed by atoms with Gasteiger partial charge in [0.2, 0.25) is 0 Å². The molecule has 0 bridgehead atoms. The standard InChI is InChI=1S/C19H24ClN3O2/c1-23-17(10-11-21-23)14-8-9-16(20)15(12-14)19(25)22-18(24)13-6-4-2-3-5-7-13/h8-13,18,24H,2-7H2,1H3,(H,22,25). The summed E-state index contributed by atoms with van der Waals surface area (Å²) >= 11 is 6.22. The fraction of sp³-hybridized carbons (Fsp3) is 0.474. The zero-order valence-electron chi connectivity index (χ0n) is 14.4. The SMILES string of the molecule is Cn1nccc1-c1ccc(Cl)c(C(=O)NC(O)C2CCCCCC2)c1. The number of amides is 1. The van der Waals surface area contributed by atoms with E-state index in [1.165, 1.54) is 12.8 Å². The van der Waals surface area contributed by atoms with Gasteiger partial charge in [0, 0.05) is 24.7 Å². The first-order chi connectivity index (χ1) is 12.1. The molecule has 2 N–H and O–H groups in total. The molecular weight excluding hydrogens is 338 g/mol. The monoisotopic (exact) mass is 361 g/mol. The van der Waals surface area contributed by atoms with Gasteiger partial charge in [-0.3, -0.25) is 9.48 Å². The Balaban J connectivity index is 1.76. The molecule has 1 fully saturated rings. The zero-order valence-corrected chi connectivity index (χ0v) is 15.2. The number of aromatic nitrogens is 2. The van der Waals surface area contributed by atoms with E-state index in [0.29, 0.717) is 10.6 Å². The van der Waals surface area contributed by atoms with Crippen LogP contribution in [0.3, 0.4) is 0 Å². The first-order valence-corrected chi connectivity index (χ1v) is 9.21. The largest absolute Gasteiger partial charge is 0.373 e. The predicted molar refractivity (Wildman–Crippen MR) is 98.3 cm³/mol. The van der Waals surface area contributed by atoms with Crippen molar-refractivity contribution in [2.45, 2.75) is 44.8 Å². The van der Waals surface area contributed by atoms with Crippen molar-refractivity contribution in [2.75, 3.05) is 0 Å². The summed E-state index contributed by atoms with van der Waals surface area (Å²) in [7, 11) is 1.85. The predicted octanol–water partition coefficient (Wildman–Crippen LogP) is 3.76. The molecule has 1 atom stereocenters. The van der Waals surface area contributed by atoms with Crippen LogP contribution in [0.1, 0.15) is 48.9 Å². The molecule has 1 aromatic carbocycles. The molecule has 1 heterocycles. The first-order valence-electron chi connectivity index (χ1n) is 8.83. The number of aliphatic hydroxyl groups is 1. The fourth-order valence-electron chi connectivity index (χ4n) is 3.47. The van der Waals surface area contributed by atoms with Gasteiger partial charge in [-0.1, -0.05) is 43.4 Å². The smallest absolute Gasteiger partial charge is 0.254 e. The van der Waals surface area contributed by atoms with Crippen LogP contribution < -0.4 is 5.32 Å². The van der Waals surface area contributed by atoms with Gasteiger partial charge in [-0.2, -0.15) is 5.10 Å². The van der Waals surface area contributed by atoms with Crippen LogP contribution >= 0.6 is 11.6 Å². The Kier molecular flexibility index (Phi) is 5.76. The van der Waals surface area contributed by atoms with Gasteiger partial charge in [-0.25, -0.2) is 0 Å². The Labute approximate surface area is 153 Å². The Morgan fingerprint density at radius 1 is 1.28 bits per heavy atom.